The number of rotatable bonds is 7. The molecule has 0 unspecified atom stereocenters. The molecule has 0 spiro atoms. The summed E-state index contributed by atoms with van der Waals surface area (Å²) in [6.45, 7) is 4.64. The Morgan fingerprint density at radius 1 is 0.917 bits per heavy atom. The van der Waals surface area contributed by atoms with E-state index in [-0.39, 0.29) is 18.0 Å². The number of nitro groups is 1. The number of hydrogen-bond acceptors (Lipinski definition) is 10. The third-order valence-corrected chi connectivity index (χ3v) is 6.56. The lowest BCUT2D eigenvalue weighted by atomic mass is 10.1. The Labute approximate surface area is 206 Å². The maximum atomic E-state index is 11.9. The largest absolute Gasteiger partial charge is 0.454 e. The molecular formula is C25H24N6O5. The maximum absolute atomic E-state index is 11.9. The van der Waals surface area contributed by atoms with Crippen molar-refractivity contribution in [2.75, 3.05) is 43.2 Å². The van der Waals surface area contributed by atoms with Crippen LogP contribution in [-0.2, 0) is 13.1 Å². The van der Waals surface area contributed by atoms with E-state index in [0.29, 0.717) is 17.7 Å². The summed E-state index contributed by atoms with van der Waals surface area (Å²) in [4.78, 5) is 16.0. The van der Waals surface area contributed by atoms with E-state index in [9.17, 15) is 10.1 Å². The van der Waals surface area contributed by atoms with Gasteiger partial charge in [0.2, 0.25) is 12.3 Å². The first kappa shape index (κ1) is 22.1. The molecule has 0 aliphatic carbocycles. The Balaban J connectivity index is 1.21. The van der Waals surface area contributed by atoms with Gasteiger partial charge in [0.1, 0.15) is 5.69 Å². The molecule has 1 N–H and O–H groups in total. The third-order valence-electron chi connectivity index (χ3n) is 6.56. The Morgan fingerprint density at radius 3 is 2.50 bits per heavy atom. The van der Waals surface area contributed by atoms with E-state index in [2.05, 4.69) is 31.5 Å². The van der Waals surface area contributed by atoms with Crippen LogP contribution in [0.1, 0.15) is 11.1 Å². The molecule has 11 heteroatoms. The lowest BCUT2D eigenvalue weighted by molar-refractivity contribution is -0.382. The lowest BCUT2D eigenvalue weighted by Crippen LogP contribution is -2.46. The van der Waals surface area contributed by atoms with Crippen LogP contribution < -0.4 is 19.7 Å². The van der Waals surface area contributed by atoms with Crippen molar-refractivity contribution < 1.29 is 19.0 Å². The minimum Gasteiger partial charge on any atom is -0.454 e. The Kier molecular flexibility index (Phi) is 5.74. The summed E-state index contributed by atoms with van der Waals surface area (Å²) in [5.74, 6) is 1.57. The molecule has 11 nitrogen and oxygen atoms in total. The second kappa shape index (κ2) is 9.34. The zero-order chi connectivity index (χ0) is 24.5. The van der Waals surface area contributed by atoms with Crippen LogP contribution in [0.25, 0.3) is 11.0 Å². The van der Waals surface area contributed by atoms with Crippen molar-refractivity contribution in [3.05, 3.63) is 75.8 Å². The summed E-state index contributed by atoms with van der Waals surface area (Å²) in [6, 6.07) is 17.6. The van der Waals surface area contributed by atoms with Gasteiger partial charge in [0, 0.05) is 39.3 Å². The molecule has 6 rings (SSSR count). The van der Waals surface area contributed by atoms with Gasteiger partial charge in [-0.25, -0.2) is 4.63 Å². The van der Waals surface area contributed by atoms with Gasteiger partial charge >= 0.3 is 5.69 Å². The molecule has 2 aliphatic rings. The van der Waals surface area contributed by atoms with Crippen molar-refractivity contribution in [1.82, 2.24) is 15.2 Å². The van der Waals surface area contributed by atoms with Gasteiger partial charge in [0.05, 0.1) is 10.6 Å². The number of piperazine rings is 1. The van der Waals surface area contributed by atoms with Gasteiger partial charge < -0.3 is 19.7 Å². The molecule has 4 aromatic rings. The highest BCUT2D eigenvalue weighted by molar-refractivity contribution is 5.99. The topological polar surface area (TPSA) is 119 Å². The summed E-state index contributed by atoms with van der Waals surface area (Å²) < 4.78 is 15.8. The van der Waals surface area contributed by atoms with Gasteiger partial charge in [-0.1, -0.05) is 36.4 Å². The van der Waals surface area contributed by atoms with E-state index in [0.717, 1.165) is 55.5 Å². The zero-order valence-electron chi connectivity index (χ0n) is 19.4. The number of fused-ring (bicyclic) bond motifs is 2. The molecule has 2 aliphatic heterocycles. The predicted octanol–water partition coefficient (Wildman–Crippen LogP) is 3.79. The average molecular weight is 489 g/mol. The Hall–Kier alpha value is -4.38. The van der Waals surface area contributed by atoms with E-state index in [1.54, 1.807) is 6.07 Å². The van der Waals surface area contributed by atoms with Gasteiger partial charge in [0.25, 0.3) is 0 Å². The number of aromatic nitrogens is 2. The number of benzene rings is 3. The van der Waals surface area contributed by atoms with Crippen LogP contribution in [-0.4, -0.2) is 53.1 Å². The van der Waals surface area contributed by atoms with Crippen molar-refractivity contribution in [3.8, 4) is 11.5 Å². The van der Waals surface area contributed by atoms with Gasteiger partial charge in [-0.3, -0.25) is 15.0 Å². The highest BCUT2D eigenvalue weighted by Gasteiger charge is 2.29. The molecule has 36 heavy (non-hydrogen) atoms. The number of nitro benzene ring substituents is 1. The van der Waals surface area contributed by atoms with Crippen LogP contribution in [0.2, 0.25) is 0 Å². The van der Waals surface area contributed by atoms with Gasteiger partial charge in [-0.15, -0.1) is 0 Å². The fourth-order valence-corrected chi connectivity index (χ4v) is 4.71. The number of anilines is 2. The molecule has 0 atom stereocenters. The molecule has 0 radical (unpaired) electrons. The molecule has 3 aromatic carbocycles. The van der Waals surface area contributed by atoms with Crippen LogP contribution in [0.15, 0.2) is 59.2 Å². The van der Waals surface area contributed by atoms with Crippen LogP contribution in [0.5, 0.6) is 11.5 Å². The van der Waals surface area contributed by atoms with E-state index in [4.69, 9.17) is 14.1 Å². The first-order valence-electron chi connectivity index (χ1n) is 11.7. The van der Waals surface area contributed by atoms with E-state index in [1.165, 1.54) is 5.56 Å². The molecule has 1 fully saturated rings. The molecule has 1 aromatic heterocycles. The van der Waals surface area contributed by atoms with Gasteiger partial charge in [-0.05, 0) is 39.6 Å². The molecule has 1 saturated heterocycles. The summed E-state index contributed by atoms with van der Waals surface area (Å²) in [6.07, 6.45) is 0. The number of nitrogens with zero attached hydrogens (tertiary/aromatic N) is 5. The average Bonchev–Trinajstić information content (AvgIpc) is 3.57. The van der Waals surface area contributed by atoms with Crippen LogP contribution in [0.4, 0.5) is 17.1 Å². The molecule has 0 saturated carbocycles. The highest BCUT2D eigenvalue weighted by Crippen LogP contribution is 2.39. The SMILES string of the molecule is O=[N+]([O-])c1c(NCc2ccccc2)cc(N2CCN(Cc3ccc4c(c3)OCO4)CC2)c2nonc12. The quantitative estimate of drug-likeness (QED) is 0.304. The zero-order valence-corrected chi connectivity index (χ0v) is 19.4. The minimum absolute atomic E-state index is 0.132. The molecular weight excluding hydrogens is 464 g/mol. The first-order valence-corrected chi connectivity index (χ1v) is 11.7. The van der Waals surface area contributed by atoms with Crippen molar-refractivity contribution >= 4 is 28.1 Å². The number of ether oxygens (including phenoxy) is 2. The van der Waals surface area contributed by atoms with Crippen molar-refractivity contribution in [2.45, 2.75) is 13.1 Å². The maximum Gasteiger partial charge on any atom is 0.323 e. The Morgan fingerprint density at radius 2 is 1.69 bits per heavy atom. The smallest absolute Gasteiger partial charge is 0.323 e. The minimum atomic E-state index is -0.438. The van der Waals surface area contributed by atoms with Crippen LogP contribution in [0, 0.1) is 10.1 Å². The summed E-state index contributed by atoms with van der Waals surface area (Å²) in [7, 11) is 0. The third kappa shape index (κ3) is 4.24. The van der Waals surface area contributed by atoms with Crippen molar-refractivity contribution in [3.63, 3.8) is 0 Å². The fourth-order valence-electron chi connectivity index (χ4n) is 4.71. The summed E-state index contributed by atoms with van der Waals surface area (Å²) in [5.41, 5.74) is 3.77. The Bertz CT molecular complexity index is 1400. The second-order valence-corrected chi connectivity index (χ2v) is 8.80. The number of nitrogens with one attached hydrogen (secondary N) is 1. The number of hydrogen-bond donors (Lipinski definition) is 1. The molecule has 184 valence electrons. The van der Waals surface area contributed by atoms with E-state index >= 15 is 0 Å². The van der Waals surface area contributed by atoms with Gasteiger partial charge in [-0.2, -0.15) is 0 Å². The molecule has 3 heterocycles. The van der Waals surface area contributed by atoms with Crippen molar-refractivity contribution in [2.24, 2.45) is 0 Å². The highest BCUT2D eigenvalue weighted by atomic mass is 16.7. The summed E-state index contributed by atoms with van der Waals surface area (Å²) >= 11 is 0. The van der Waals surface area contributed by atoms with Crippen LogP contribution in [0.3, 0.4) is 0 Å². The fraction of sp³-hybridized carbons (Fsp3) is 0.280. The lowest BCUT2D eigenvalue weighted by Gasteiger charge is -2.36. The molecule has 0 amide bonds. The predicted molar refractivity (Wildman–Crippen MR) is 132 cm³/mol. The monoisotopic (exact) mass is 488 g/mol. The standard InChI is InChI=1S/C25H24N6O5/c32-31(33)25-19(26-14-17-4-2-1-3-5-17)13-20(23-24(25)28-36-27-23)30-10-8-29(9-11-30)15-18-6-7-21-22(12-18)35-16-34-21/h1-7,12-13,26H,8-11,14-16H2. The van der Waals surface area contributed by atoms with Crippen molar-refractivity contribution in [1.29, 1.82) is 0 Å². The van der Waals surface area contributed by atoms with E-state index < -0.39 is 4.92 Å². The molecule has 0 bridgehead atoms. The van der Waals surface area contributed by atoms with Crippen LogP contribution >= 0.6 is 0 Å². The summed E-state index contributed by atoms with van der Waals surface area (Å²) in [5, 5.41) is 23.1. The first-order chi connectivity index (χ1) is 17.7. The van der Waals surface area contributed by atoms with E-state index in [1.807, 2.05) is 42.5 Å². The normalized spacial score (nSPS) is 15.4. The van der Waals surface area contributed by atoms with Gasteiger partial charge in [0.15, 0.2) is 17.0 Å². The second-order valence-electron chi connectivity index (χ2n) is 8.80.